The van der Waals surface area contributed by atoms with Gasteiger partial charge in [0.25, 0.3) is 0 Å². The summed E-state index contributed by atoms with van der Waals surface area (Å²) in [5.41, 5.74) is -0.563. The highest BCUT2D eigenvalue weighted by Gasteiger charge is 2.20. The number of hydrogen-bond acceptors (Lipinski definition) is 5. The lowest BCUT2D eigenvalue weighted by atomic mass is 10.1. The normalized spacial score (nSPS) is 11.8. The minimum Gasteiger partial charge on any atom is -0.323 e. The first-order chi connectivity index (χ1) is 7.86. The minimum atomic E-state index is -0.624. The van der Waals surface area contributed by atoms with Crippen molar-refractivity contribution in [2.24, 2.45) is 5.16 Å². The van der Waals surface area contributed by atoms with Crippen LogP contribution < -0.4 is 5.32 Å². The maximum absolute atomic E-state index is 10.8. The number of aromatic nitrogens is 3. The first-order valence-corrected chi connectivity index (χ1v) is 5.37. The number of H-pyrrole nitrogens is 1. The first kappa shape index (κ1) is 13.4. The number of aryl methyl sites for hydroxylation is 1. The molecule has 0 bridgehead atoms. The van der Waals surface area contributed by atoms with Crippen molar-refractivity contribution < 1.29 is 9.63 Å². The van der Waals surface area contributed by atoms with Crippen LogP contribution in [0.3, 0.4) is 0 Å². The molecule has 1 rings (SSSR count). The zero-order valence-electron chi connectivity index (χ0n) is 10.1. The fraction of sp³-hybridized carbons (Fsp3) is 0.556. The van der Waals surface area contributed by atoms with Crippen LogP contribution in [0.4, 0.5) is 4.79 Å². The maximum Gasteiger partial charge on any atom is 0.433 e. The Balaban J connectivity index is 2.85. The monoisotopic (exact) mass is 257 g/mol. The van der Waals surface area contributed by atoms with Gasteiger partial charge in [-0.1, -0.05) is 5.16 Å². The Bertz CT molecular complexity index is 488. The van der Waals surface area contributed by atoms with E-state index in [4.69, 9.17) is 12.2 Å². The van der Waals surface area contributed by atoms with Crippen molar-refractivity contribution in [3.63, 3.8) is 0 Å². The van der Waals surface area contributed by atoms with Crippen LogP contribution in [0.15, 0.2) is 5.16 Å². The van der Waals surface area contributed by atoms with Gasteiger partial charge in [-0.2, -0.15) is 0 Å². The number of aromatic amines is 1. The van der Waals surface area contributed by atoms with Gasteiger partial charge in [-0.25, -0.2) is 14.5 Å². The van der Waals surface area contributed by atoms with E-state index >= 15 is 0 Å². The van der Waals surface area contributed by atoms with Crippen molar-refractivity contribution in [1.29, 1.82) is 0 Å². The Labute approximate surface area is 104 Å². The molecule has 17 heavy (non-hydrogen) atoms. The van der Waals surface area contributed by atoms with Gasteiger partial charge in [0.1, 0.15) is 5.82 Å². The van der Waals surface area contributed by atoms with E-state index < -0.39 is 11.6 Å². The van der Waals surface area contributed by atoms with Gasteiger partial charge in [-0.05, 0) is 33.0 Å². The van der Waals surface area contributed by atoms with E-state index in [1.807, 2.05) is 13.8 Å². The van der Waals surface area contributed by atoms with Crippen molar-refractivity contribution in [2.75, 3.05) is 7.05 Å². The lowest BCUT2D eigenvalue weighted by molar-refractivity contribution is 0.152. The number of rotatable bonds is 3. The third-order valence-electron chi connectivity index (χ3n) is 2.01. The van der Waals surface area contributed by atoms with Gasteiger partial charge >= 0.3 is 6.09 Å². The molecule has 0 aliphatic heterocycles. The van der Waals surface area contributed by atoms with Gasteiger partial charge < -0.3 is 5.32 Å². The maximum atomic E-state index is 10.8. The molecule has 0 aromatic carbocycles. The van der Waals surface area contributed by atoms with Crippen LogP contribution in [0.25, 0.3) is 0 Å². The van der Waals surface area contributed by atoms with Gasteiger partial charge in [0, 0.05) is 7.05 Å². The predicted octanol–water partition coefficient (Wildman–Crippen LogP) is 1.33. The van der Waals surface area contributed by atoms with Crippen LogP contribution in [0.2, 0.25) is 0 Å². The number of carbonyl (C=O) groups is 1. The molecule has 7 nitrogen and oxygen atoms in total. The summed E-state index contributed by atoms with van der Waals surface area (Å²) >= 11 is 5.08. The van der Waals surface area contributed by atoms with Gasteiger partial charge in [0.2, 0.25) is 4.77 Å². The molecule has 1 heterocycles. The summed E-state index contributed by atoms with van der Waals surface area (Å²) in [4.78, 5) is 19.4. The van der Waals surface area contributed by atoms with E-state index in [0.717, 1.165) is 0 Å². The van der Waals surface area contributed by atoms with Crippen molar-refractivity contribution in [3.8, 4) is 0 Å². The second kappa shape index (κ2) is 5.09. The van der Waals surface area contributed by atoms with Crippen molar-refractivity contribution in [2.45, 2.75) is 26.3 Å². The number of carbonyl (C=O) groups excluding carboxylic acids is 1. The highest BCUT2D eigenvalue weighted by molar-refractivity contribution is 7.71. The Kier molecular flexibility index (Phi) is 4.00. The lowest BCUT2D eigenvalue weighted by Crippen LogP contribution is -2.30. The summed E-state index contributed by atoms with van der Waals surface area (Å²) in [6.45, 7) is 5.52. The molecule has 94 valence electrons. The molecule has 1 aromatic rings. The smallest absolute Gasteiger partial charge is 0.323 e. The van der Waals surface area contributed by atoms with E-state index in [0.29, 0.717) is 10.6 Å². The summed E-state index contributed by atoms with van der Waals surface area (Å²) in [5, 5.41) is 8.86. The second-order valence-corrected chi connectivity index (χ2v) is 4.31. The third kappa shape index (κ3) is 3.38. The molecule has 0 fully saturated rings. The summed E-state index contributed by atoms with van der Waals surface area (Å²) in [7, 11) is 1.46. The molecule has 0 spiro atoms. The molecule has 0 atom stereocenters. The number of hydrogen-bond donors (Lipinski definition) is 2. The molecule has 0 unspecified atom stereocenters. The van der Waals surface area contributed by atoms with Crippen LogP contribution in [0, 0.1) is 11.7 Å². The van der Waals surface area contributed by atoms with Crippen LogP contribution >= 0.6 is 12.2 Å². The topological polar surface area (TPSA) is 84.3 Å². The van der Waals surface area contributed by atoms with Crippen LogP contribution in [-0.2, 0) is 10.4 Å². The Morgan fingerprint density at radius 2 is 2.35 bits per heavy atom. The zero-order chi connectivity index (χ0) is 13.1. The van der Waals surface area contributed by atoms with Gasteiger partial charge in [0.05, 0.1) is 11.8 Å². The minimum absolute atomic E-state index is 0.416. The SMILES string of the molecule is CNC(=O)ON=CC(C)(C)n1[nH]c(C)nc1=S. The van der Waals surface area contributed by atoms with Crippen LogP contribution in [-0.4, -0.2) is 34.1 Å². The van der Waals surface area contributed by atoms with E-state index in [-0.39, 0.29) is 0 Å². The van der Waals surface area contributed by atoms with E-state index in [9.17, 15) is 4.79 Å². The molecule has 0 saturated carbocycles. The summed E-state index contributed by atoms with van der Waals surface area (Å²) in [6.07, 6.45) is 0.844. The molecular formula is C9H15N5O2S. The molecule has 0 aliphatic carbocycles. The van der Waals surface area contributed by atoms with E-state index in [2.05, 4.69) is 25.4 Å². The number of oxime groups is 1. The van der Waals surface area contributed by atoms with Gasteiger partial charge in [-0.3, -0.25) is 9.94 Å². The van der Waals surface area contributed by atoms with Crippen molar-refractivity contribution in [3.05, 3.63) is 10.6 Å². The van der Waals surface area contributed by atoms with Gasteiger partial charge in [0.15, 0.2) is 0 Å². The molecule has 1 aromatic heterocycles. The second-order valence-electron chi connectivity index (χ2n) is 3.94. The van der Waals surface area contributed by atoms with Crippen molar-refractivity contribution >= 4 is 24.5 Å². The average Bonchev–Trinajstić information content (AvgIpc) is 2.58. The molecule has 2 N–H and O–H groups in total. The molecule has 0 aliphatic rings. The summed E-state index contributed by atoms with van der Waals surface area (Å²) in [6, 6.07) is 0. The quantitative estimate of drug-likeness (QED) is 0.370. The highest BCUT2D eigenvalue weighted by atomic mass is 32.1. The number of nitrogens with zero attached hydrogens (tertiary/aromatic N) is 3. The highest BCUT2D eigenvalue weighted by Crippen LogP contribution is 2.11. The van der Waals surface area contributed by atoms with Crippen LogP contribution in [0.1, 0.15) is 19.7 Å². The lowest BCUT2D eigenvalue weighted by Gasteiger charge is -2.19. The zero-order valence-corrected chi connectivity index (χ0v) is 11.0. The first-order valence-electron chi connectivity index (χ1n) is 4.96. The number of nitrogens with one attached hydrogen (secondary N) is 2. The number of amides is 1. The molecular weight excluding hydrogens is 242 g/mol. The summed E-state index contributed by atoms with van der Waals surface area (Å²) in [5.74, 6) is 0.712. The Morgan fingerprint density at radius 3 is 2.82 bits per heavy atom. The standard InChI is InChI=1S/C9H15N5O2S/c1-6-12-7(17)14(13-6)9(2,3)5-11-16-8(15)10-4/h5H,1-4H3,(H,10,15)(H,12,13,17). The Hall–Kier alpha value is -1.70. The summed E-state index contributed by atoms with van der Waals surface area (Å²) < 4.78 is 2.08. The van der Waals surface area contributed by atoms with E-state index in [1.165, 1.54) is 13.3 Å². The Morgan fingerprint density at radius 1 is 1.71 bits per heavy atom. The molecule has 0 saturated heterocycles. The largest absolute Gasteiger partial charge is 0.433 e. The van der Waals surface area contributed by atoms with E-state index in [1.54, 1.807) is 11.6 Å². The molecule has 0 radical (unpaired) electrons. The predicted molar refractivity (Wildman–Crippen MR) is 65.5 cm³/mol. The van der Waals surface area contributed by atoms with Gasteiger partial charge in [-0.15, -0.1) is 0 Å². The molecule has 1 amide bonds. The molecule has 8 heteroatoms. The fourth-order valence-electron chi connectivity index (χ4n) is 1.13. The average molecular weight is 257 g/mol. The third-order valence-corrected chi connectivity index (χ3v) is 2.29. The fourth-order valence-corrected chi connectivity index (χ4v) is 1.54. The van der Waals surface area contributed by atoms with Crippen LogP contribution in [0.5, 0.6) is 0 Å². The van der Waals surface area contributed by atoms with Crippen molar-refractivity contribution in [1.82, 2.24) is 20.1 Å².